The summed E-state index contributed by atoms with van der Waals surface area (Å²) in [5.74, 6) is 10.2. The zero-order valence-corrected chi connectivity index (χ0v) is 23.1. The highest BCUT2D eigenvalue weighted by Gasteiger charge is 2.80. The molecule has 2 nitrogen and oxygen atoms in total. The molecule has 0 radical (unpaired) electrons. The van der Waals surface area contributed by atoms with E-state index in [1.165, 1.54) is 83.7 Å². The van der Waals surface area contributed by atoms with Gasteiger partial charge in [0, 0.05) is 50.1 Å². The Hall–Kier alpha value is -0.780. The maximum Gasteiger partial charge on any atom is 0.0468 e. The van der Waals surface area contributed by atoms with Crippen molar-refractivity contribution in [1.29, 1.82) is 0 Å². The van der Waals surface area contributed by atoms with Crippen molar-refractivity contribution in [3.63, 3.8) is 0 Å². The molecule has 35 heavy (non-hydrogen) atoms. The molecule has 0 amide bonds. The summed E-state index contributed by atoms with van der Waals surface area (Å²) in [7, 11) is 0. The van der Waals surface area contributed by atoms with Crippen LogP contribution in [0.1, 0.15) is 111 Å². The average Bonchev–Trinajstić information content (AvgIpc) is 3.13. The van der Waals surface area contributed by atoms with E-state index < -0.39 is 0 Å². The maximum atomic E-state index is 6.01. The molecule has 4 saturated carbocycles. The van der Waals surface area contributed by atoms with Gasteiger partial charge in [0.25, 0.3) is 0 Å². The molecule has 9 unspecified atom stereocenters. The van der Waals surface area contributed by atoms with Gasteiger partial charge in [0.2, 0.25) is 0 Å². The molecule has 1 saturated heterocycles. The summed E-state index contributed by atoms with van der Waals surface area (Å²) >= 11 is 0. The van der Waals surface area contributed by atoms with E-state index in [0.717, 1.165) is 43.8 Å². The molecule has 7 aliphatic rings. The fourth-order valence-corrected chi connectivity index (χ4v) is 12.5. The highest BCUT2D eigenvalue weighted by molar-refractivity contribution is 5.45. The first kappa shape index (κ1) is 23.3. The molecule has 5 fully saturated rings. The van der Waals surface area contributed by atoms with Crippen molar-refractivity contribution in [3.8, 4) is 11.8 Å². The molecule has 0 aromatic carbocycles. The Morgan fingerprint density at radius 2 is 1.94 bits per heavy atom. The number of rotatable bonds is 4. The molecule has 2 heteroatoms. The van der Waals surface area contributed by atoms with E-state index in [2.05, 4.69) is 44.4 Å². The second-order valence-electron chi connectivity index (χ2n) is 14.4. The quantitative estimate of drug-likeness (QED) is 0.182. The second-order valence-corrected chi connectivity index (χ2v) is 14.4. The first-order valence-corrected chi connectivity index (χ1v) is 15.4. The normalized spacial score (nSPS) is 53.6. The maximum absolute atomic E-state index is 6.01. The molecule has 2 bridgehead atoms. The minimum absolute atomic E-state index is 0.307. The van der Waals surface area contributed by atoms with Crippen molar-refractivity contribution in [2.24, 2.45) is 39.4 Å². The number of hydrogen-bond acceptors (Lipinski definition) is 2. The largest absolute Gasteiger partial charge is 0.382 e. The summed E-state index contributed by atoms with van der Waals surface area (Å²) in [6.07, 6.45) is 17.8. The zero-order valence-electron chi connectivity index (χ0n) is 23.1. The third-order valence-corrected chi connectivity index (χ3v) is 14.0. The highest BCUT2D eigenvalue weighted by atomic mass is 16.5. The third kappa shape index (κ3) is 2.62. The summed E-state index contributed by atoms with van der Waals surface area (Å²) in [5, 5.41) is 0. The standard InChI is InChI=1S/C33H49NO/c1-5-35-19-14-26-11-8-16-30(26)20-25(3)33-18-13-24(2)28(33)21-32(30)23-34-22-31(34)17-9-12-27(31)10-6-7-15-29(32,33)4/h25-27H,5,8-23H2,1-4H3. The lowest BCUT2D eigenvalue weighted by Crippen LogP contribution is -2.64. The average molecular weight is 476 g/mol. The molecule has 5 aliphatic carbocycles. The van der Waals surface area contributed by atoms with Gasteiger partial charge in [-0.3, -0.25) is 4.90 Å². The Morgan fingerprint density at radius 3 is 2.80 bits per heavy atom. The minimum Gasteiger partial charge on any atom is -0.382 e. The molecular formula is C33H49NO. The van der Waals surface area contributed by atoms with Crippen LogP contribution in [0.2, 0.25) is 0 Å². The molecule has 2 heterocycles. The zero-order chi connectivity index (χ0) is 24.1. The van der Waals surface area contributed by atoms with Crippen LogP contribution in [0.3, 0.4) is 0 Å². The first-order chi connectivity index (χ1) is 16.9. The van der Waals surface area contributed by atoms with E-state index in [1.54, 1.807) is 5.57 Å². The Morgan fingerprint density at radius 1 is 1.09 bits per heavy atom. The van der Waals surface area contributed by atoms with Crippen LogP contribution < -0.4 is 0 Å². The van der Waals surface area contributed by atoms with Gasteiger partial charge in [-0.25, -0.2) is 0 Å². The predicted octanol–water partition coefficient (Wildman–Crippen LogP) is 7.38. The molecule has 0 aromatic heterocycles. The van der Waals surface area contributed by atoms with Gasteiger partial charge in [-0.05, 0) is 106 Å². The molecule has 0 aromatic rings. The molecule has 9 atom stereocenters. The van der Waals surface area contributed by atoms with Crippen LogP contribution in [-0.2, 0) is 4.74 Å². The van der Waals surface area contributed by atoms with Gasteiger partial charge < -0.3 is 4.74 Å². The van der Waals surface area contributed by atoms with Gasteiger partial charge in [-0.15, -0.1) is 11.8 Å². The van der Waals surface area contributed by atoms with Crippen LogP contribution in [-0.4, -0.2) is 36.7 Å². The van der Waals surface area contributed by atoms with E-state index in [9.17, 15) is 0 Å². The van der Waals surface area contributed by atoms with Gasteiger partial charge in [0.15, 0.2) is 0 Å². The highest BCUT2D eigenvalue weighted by Crippen LogP contribution is 2.85. The fraction of sp³-hybridized carbons (Fsp3) is 0.879. The van der Waals surface area contributed by atoms with Crippen molar-refractivity contribution >= 4 is 0 Å². The molecular weight excluding hydrogens is 426 g/mol. The van der Waals surface area contributed by atoms with Crippen LogP contribution >= 0.6 is 0 Å². The second kappa shape index (κ2) is 7.63. The van der Waals surface area contributed by atoms with Crippen molar-refractivity contribution < 1.29 is 4.74 Å². The number of hydrogen-bond donors (Lipinski definition) is 0. The Bertz CT molecular complexity index is 1000. The molecule has 3 spiro atoms. The number of ether oxygens (including phenoxy) is 1. The topological polar surface area (TPSA) is 12.2 Å². The summed E-state index contributed by atoms with van der Waals surface area (Å²) in [6, 6.07) is 0. The Balaban J connectivity index is 1.41. The van der Waals surface area contributed by atoms with Crippen LogP contribution in [0, 0.1) is 51.3 Å². The van der Waals surface area contributed by atoms with Crippen molar-refractivity contribution in [1.82, 2.24) is 4.90 Å². The van der Waals surface area contributed by atoms with E-state index in [1.807, 2.05) is 5.57 Å². The SMILES string of the molecule is CCOCCC1CCCC12CC(C)C13CCC(C)=C1CC21CN2CC24CCCC4CC#CCC31C. The van der Waals surface area contributed by atoms with Crippen LogP contribution in [0.25, 0.3) is 0 Å². The van der Waals surface area contributed by atoms with Gasteiger partial charge in [0.1, 0.15) is 0 Å². The van der Waals surface area contributed by atoms with E-state index in [-0.39, 0.29) is 0 Å². The van der Waals surface area contributed by atoms with Crippen LogP contribution in [0.15, 0.2) is 11.1 Å². The summed E-state index contributed by atoms with van der Waals surface area (Å²) in [6.45, 7) is 14.7. The van der Waals surface area contributed by atoms with E-state index >= 15 is 0 Å². The predicted molar refractivity (Wildman–Crippen MR) is 143 cm³/mol. The molecule has 2 aliphatic heterocycles. The monoisotopic (exact) mass is 475 g/mol. The van der Waals surface area contributed by atoms with Crippen LogP contribution in [0.4, 0.5) is 0 Å². The number of nitrogens with zero attached hydrogens (tertiary/aromatic N) is 1. The first-order valence-electron chi connectivity index (χ1n) is 15.4. The number of allylic oxidation sites excluding steroid dienone is 2. The Labute approximate surface area is 215 Å². The molecule has 192 valence electrons. The lowest BCUT2D eigenvalue weighted by Gasteiger charge is -2.67. The lowest BCUT2D eigenvalue weighted by molar-refractivity contribution is -0.195. The lowest BCUT2D eigenvalue weighted by atomic mass is 9.36. The van der Waals surface area contributed by atoms with Gasteiger partial charge in [-0.2, -0.15) is 0 Å². The smallest absolute Gasteiger partial charge is 0.0468 e. The minimum atomic E-state index is 0.307. The molecule has 7 rings (SSSR count). The summed E-state index contributed by atoms with van der Waals surface area (Å²) < 4.78 is 6.01. The van der Waals surface area contributed by atoms with E-state index in [4.69, 9.17) is 4.74 Å². The molecule has 0 N–H and O–H groups in total. The fourth-order valence-electron chi connectivity index (χ4n) is 12.5. The van der Waals surface area contributed by atoms with Crippen LogP contribution in [0.5, 0.6) is 0 Å². The van der Waals surface area contributed by atoms with E-state index in [0.29, 0.717) is 27.2 Å². The summed E-state index contributed by atoms with van der Waals surface area (Å²) in [4.78, 5) is 3.05. The van der Waals surface area contributed by atoms with Crippen molar-refractivity contribution in [3.05, 3.63) is 11.1 Å². The van der Waals surface area contributed by atoms with Crippen molar-refractivity contribution in [2.75, 3.05) is 26.3 Å². The van der Waals surface area contributed by atoms with Gasteiger partial charge in [-0.1, -0.05) is 37.8 Å². The van der Waals surface area contributed by atoms with Gasteiger partial charge >= 0.3 is 0 Å². The third-order valence-electron chi connectivity index (χ3n) is 14.0. The van der Waals surface area contributed by atoms with Crippen molar-refractivity contribution in [2.45, 2.75) is 117 Å². The Kier molecular flexibility index (Phi) is 5.09. The summed E-state index contributed by atoms with van der Waals surface area (Å²) in [5.41, 5.74) is 5.79. The van der Waals surface area contributed by atoms with Gasteiger partial charge in [0.05, 0.1) is 0 Å².